The second-order valence-electron chi connectivity index (χ2n) is 5.48. The van der Waals surface area contributed by atoms with Crippen molar-refractivity contribution >= 4 is 20.9 Å². The summed E-state index contributed by atoms with van der Waals surface area (Å²) < 4.78 is 22.4. The number of nitrogens with two attached hydrogens (primary N) is 1. The summed E-state index contributed by atoms with van der Waals surface area (Å²) in [6.45, 7) is 1.53. The first-order chi connectivity index (χ1) is 11.0. The summed E-state index contributed by atoms with van der Waals surface area (Å²) in [5, 5.41) is 9.71. The van der Waals surface area contributed by atoms with Crippen LogP contribution in [0, 0.1) is 0 Å². The minimum Gasteiger partial charge on any atom is -0.361 e. The summed E-state index contributed by atoms with van der Waals surface area (Å²) >= 11 is 0. The summed E-state index contributed by atoms with van der Waals surface area (Å²) in [4.78, 5) is 3.41. The Kier molecular flexibility index (Phi) is 4.47. The van der Waals surface area contributed by atoms with E-state index in [1.54, 1.807) is 12.1 Å². The van der Waals surface area contributed by atoms with Gasteiger partial charge in [0.05, 0.1) is 4.90 Å². The fourth-order valence-corrected chi connectivity index (χ4v) is 3.11. The van der Waals surface area contributed by atoms with Gasteiger partial charge in [-0.3, -0.25) is 0 Å². The molecule has 1 heterocycles. The van der Waals surface area contributed by atoms with Crippen LogP contribution in [-0.4, -0.2) is 19.9 Å². The van der Waals surface area contributed by atoms with Gasteiger partial charge in [-0.1, -0.05) is 30.3 Å². The number of fused-ring (bicyclic) bond motifs is 1. The molecule has 120 valence electrons. The van der Waals surface area contributed by atoms with Crippen LogP contribution in [0.2, 0.25) is 0 Å². The van der Waals surface area contributed by atoms with Crippen molar-refractivity contribution in [2.75, 3.05) is 6.54 Å². The molecule has 4 N–H and O–H groups in total. The number of aromatic amines is 1. The first-order valence-electron chi connectivity index (χ1n) is 7.41. The quantitative estimate of drug-likeness (QED) is 0.606. The number of hydrogen-bond acceptors (Lipinski definition) is 3. The van der Waals surface area contributed by atoms with Gasteiger partial charge in [-0.25, -0.2) is 13.6 Å². The van der Waals surface area contributed by atoms with Crippen molar-refractivity contribution in [3.05, 3.63) is 65.9 Å². The predicted octanol–water partition coefficient (Wildman–Crippen LogP) is 2.15. The van der Waals surface area contributed by atoms with Crippen molar-refractivity contribution in [3.8, 4) is 0 Å². The average Bonchev–Trinajstić information content (AvgIpc) is 2.94. The second-order valence-corrected chi connectivity index (χ2v) is 7.04. The van der Waals surface area contributed by atoms with E-state index in [9.17, 15) is 8.42 Å². The van der Waals surface area contributed by atoms with Crippen molar-refractivity contribution in [1.29, 1.82) is 0 Å². The smallest absolute Gasteiger partial charge is 0.238 e. The van der Waals surface area contributed by atoms with Gasteiger partial charge >= 0.3 is 0 Å². The normalized spacial score (nSPS) is 11.9. The standard InChI is InChI=1S/C17H19N3O2S/c18-23(21,22)15-7-5-13(6-8-15)11-19-10-9-14-12-20-17-4-2-1-3-16(14)17/h1-8,12,19-20H,9-11H2,(H2,18,21,22). The summed E-state index contributed by atoms with van der Waals surface area (Å²) in [5.74, 6) is 0. The molecule has 2 aromatic carbocycles. The van der Waals surface area contributed by atoms with Crippen molar-refractivity contribution in [2.45, 2.75) is 17.9 Å². The van der Waals surface area contributed by atoms with Crippen LogP contribution in [0.25, 0.3) is 10.9 Å². The fraction of sp³-hybridized carbons (Fsp3) is 0.176. The Bertz CT molecular complexity index is 899. The van der Waals surface area contributed by atoms with E-state index >= 15 is 0 Å². The Labute approximate surface area is 135 Å². The van der Waals surface area contributed by atoms with Crippen molar-refractivity contribution < 1.29 is 8.42 Å². The Morgan fingerprint density at radius 3 is 2.52 bits per heavy atom. The van der Waals surface area contributed by atoms with Crippen molar-refractivity contribution in [1.82, 2.24) is 10.3 Å². The molecule has 0 saturated heterocycles. The number of sulfonamides is 1. The number of rotatable bonds is 6. The number of nitrogens with one attached hydrogen (secondary N) is 2. The van der Waals surface area contributed by atoms with Gasteiger partial charge < -0.3 is 10.3 Å². The number of H-pyrrole nitrogens is 1. The highest BCUT2D eigenvalue weighted by Crippen LogP contribution is 2.17. The highest BCUT2D eigenvalue weighted by Gasteiger charge is 2.06. The lowest BCUT2D eigenvalue weighted by Gasteiger charge is -2.05. The largest absolute Gasteiger partial charge is 0.361 e. The molecule has 0 radical (unpaired) electrons. The van der Waals surface area contributed by atoms with Gasteiger partial charge in [0.25, 0.3) is 0 Å². The molecule has 0 bridgehead atoms. The SMILES string of the molecule is NS(=O)(=O)c1ccc(CNCCc2c[nH]c3ccccc23)cc1. The highest BCUT2D eigenvalue weighted by molar-refractivity contribution is 7.89. The number of benzene rings is 2. The number of para-hydroxylation sites is 1. The number of primary sulfonamides is 1. The maximum Gasteiger partial charge on any atom is 0.238 e. The van der Waals surface area contributed by atoms with Crippen LogP contribution in [0.5, 0.6) is 0 Å². The molecule has 0 unspecified atom stereocenters. The highest BCUT2D eigenvalue weighted by atomic mass is 32.2. The Morgan fingerprint density at radius 1 is 1.04 bits per heavy atom. The van der Waals surface area contributed by atoms with E-state index in [1.165, 1.54) is 23.1 Å². The molecule has 0 aliphatic rings. The minimum absolute atomic E-state index is 0.139. The molecule has 0 atom stereocenters. The molecular weight excluding hydrogens is 310 g/mol. The van der Waals surface area contributed by atoms with Crippen molar-refractivity contribution in [3.63, 3.8) is 0 Å². The van der Waals surface area contributed by atoms with E-state index in [1.807, 2.05) is 18.3 Å². The van der Waals surface area contributed by atoms with Crippen LogP contribution in [0.3, 0.4) is 0 Å². The predicted molar refractivity (Wildman–Crippen MR) is 91.5 cm³/mol. The Morgan fingerprint density at radius 2 is 1.78 bits per heavy atom. The maximum absolute atomic E-state index is 11.2. The topological polar surface area (TPSA) is 88.0 Å². The molecule has 5 nitrogen and oxygen atoms in total. The zero-order valence-corrected chi connectivity index (χ0v) is 13.4. The molecule has 0 aliphatic carbocycles. The van der Waals surface area contributed by atoms with Gasteiger partial charge in [0.15, 0.2) is 0 Å². The molecule has 6 heteroatoms. The van der Waals surface area contributed by atoms with Gasteiger partial charge in [-0.05, 0) is 42.3 Å². The zero-order valence-electron chi connectivity index (χ0n) is 12.6. The lowest BCUT2D eigenvalue weighted by Crippen LogP contribution is -2.17. The molecule has 1 aromatic heterocycles. The summed E-state index contributed by atoms with van der Waals surface area (Å²) in [6, 6.07) is 14.9. The molecule has 23 heavy (non-hydrogen) atoms. The van der Waals surface area contributed by atoms with E-state index in [0.717, 1.165) is 24.0 Å². The van der Waals surface area contributed by atoms with Crippen LogP contribution in [0.1, 0.15) is 11.1 Å². The summed E-state index contributed by atoms with van der Waals surface area (Å²) in [7, 11) is -3.62. The Hall–Kier alpha value is -2.15. The first-order valence-corrected chi connectivity index (χ1v) is 8.96. The fourth-order valence-electron chi connectivity index (χ4n) is 2.59. The lowest BCUT2D eigenvalue weighted by atomic mass is 10.1. The number of hydrogen-bond donors (Lipinski definition) is 3. The molecule has 0 aliphatic heterocycles. The van der Waals surface area contributed by atoms with E-state index in [0.29, 0.717) is 6.54 Å². The lowest BCUT2D eigenvalue weighted by molar-refractivity contribution is 0.597. The number of aromatic nitrogens is 1. The van der Waals surface area contributed by atoms with Gasteiger partial charge in [0.2, 0.25) is 10.0 Å². The third kappa shape index (κ3) is 3.79. The molecule has 3 aromatic rings. The maximum atomic E-state index is 11.2. The summed E-state index contributed by atoms with van der Waals surface area (Å²) in [5.41, 5.74) is 3.47. The van der Waals surface area contributed by atoms with Crippen LogP contribution >= 0.6 is 0 Å². The van der Waals surface area contributed by atoms with Crippen molar-refractivity contribution in [2.24, 2.45) is 5.14 Å². The third-order valence-electron chi connectivity index (χ3n) is 3.83. The van der Waals surface area contributed by atoms with Gasteiger partial charge in [0, 0.05) is 23.6 Å². The molecule has 0 fully saturated rings. The van der Waals surface area contributed by atoms with E-state index in [4.69, 9.17) is 5.14 Å². The monoisotopic (exact) mass is 329 g/mol. The first kappa shape index (κ1) is 15.7. The van der Waals surface area contributed by atoms with Crippen LogP contribution in [0.4, 0.5) is 0 Å². The van der Waals surface area contributed by atoms with E-state index in [2.05, 4.69) is 22.4 Å². The van der Waals surface area contributed by atoms with Gasteiger partial charge in [0.1, 0.15) is 0 Å². The van der Waals surface area contributed by atoms with Crippen LogP contribution in [-0.2, 0) is 23.0 Å². The second kappa shape index (κ2) is 6.54. The van der Waals surface area contributed by atoms with E-state index in [-0.39, 0.29) is 4.90 Å². The molecule has 0 amide bonds. The van der Waals surface area contributed by atoms with Gasteiger partial charge in [-0.2, -0.15) is 0 Å². The molecular formula is C17H19N3O2S. The summed E-state index contributed by atoms with van der Waals surface area (Å²) in [6.07, 6.45) is 2.98. The van der Waals surface area contributed by atoms with Gasteiger partial charge in [-0.15, -0.1) is 0 Å². The molecule has 3 rings (SSSR count). The van der Waals surface area contributed by atoms with Crippen LogP contribution < -0.4 is 10.5 Å². The Balaban J connectivity index is 1.54. The van der Waals surface area contributed by atoms with Crippen LogP contribution in [0.15, 0.2) is 59.6 Å². The van der Waals surface area contributed by atoms with E-state index < -0.39 is 10.0 Å². The molecule has 0 spiro atoms. The zero-order chi connectivity index (χ0) is 16.3. The molecule has 0 saturated carbocycles. The minimum atomic E-state index is -3.62. The average molecular weight is 329 g/mol. The third-order valence-corrected chi connectivity index (χ3v) is 4.76.